The molecule has 5 aromatic carbocycles. The van der Waals surface area contributed by atoms with Crippen molar-refractivity contribution in [2.24, 2.45) is 5.11 Å². The third-order valence-electron chi connectivity index (χ3n) is 8.31. The fraction of sp³-hybridized carbons (Fsp3) is 0.0882. The van der Waals surface area contributed by atoms with Crippen molar-refractivity contribution < 1.29 is 9.54 Å². The number of rotatable bonds is 4. The molecule has 0 saturated carbocycles. The first-order chi connectivity index (χ1) is 20.2. The predicted molar refractivity (Wildman–Crippen MR) is 164 cm³/mol. The molecule has 8 rings (SSSR count). The van der Waals surface area contributed by atoms with E-state index in [4.69, 9.17) is 22.1 Å². The van der Waals surface area contributed by atoms with Gasteiger partial charge < -0.3 is 4.74 Å². The van der Waals surface area contributed by atoms with Gasteiger partial charge >= 0.3 is 0 Å². The Morgan fingerprint density at radius 2 is 1.22 bits per heavy atom. The van der Waals surface area contributed by atoms with Gasteiger partial charge in [0, 0.05) is 44.6 Å². The van der Waals surface area contributed by atoms with Crippen molar-refractivity contribution in [3.8, 4) is 16.9 Å². The number of methoxy groups -OCH3 is 1. The highest BCUT2D eigenvalue weighted by Crippen LogP contribution is 2.64. The van der Waals surface area contributed by atoms with Gasteiger partial charge in [-0.05, 0) is 59.7 Å². The second kappa shape index (κ2) is 8.74. The van der Waals surface area contributed by atoms with Gasteiger partial charge in [-0.15, -0.1) is 5.43 Å². The number of ether oxygens (including phenoxy) is 1. The second-order valence-electron chi connectivity index (χ2n) is 10.3. The fourth-order valence-corrected chi connectivity index (χ4v) is 7.14. The Morgan fingerprint density at radius 3 is 1.90 bits per heavy atom. The zero-order chi connectivity index (χ0) is 27.6. The van der Waals surface area contributed by atoms with E-state index in [0.717, 1.165) is 45.1 Å². The molecule has 0 amide bonds. The van der Waals surface area contributed by atoms with E-state index in [1.165, 1.54) is 0 Å². The minimum Gasteiger partial charge on any atom is -0.497 e. The van der Waals surface area contributed by atoms with Crippen molar-refractivity contribution in [1.82, 2.24) is 5.43 Å². The molecule has 0 aromatic heterocycles. The SMILES string of the molecule is COc1ccc(N2C(=S)N(c3ccccc3)[C@]34N[N+](c5ccccc5)=N[C@]23c2ccccc2-c2ccccc24)cc1. The number of thiocarbonyl (C=S) groups is 1. The highest BCUT2D eigenvalue weighted by Gasteiger charge is 2.79. The summed E-state index contributed by atoms with van der Waals surface area (Å²) in [5.41, 5.74) is 9.30. The number of nitrogens with one attached hydrogen (secondary N) is 1. The molecule has 1 fully saturated rings. The molecule has 1 saturated heterocycles. The number of anilines is 2. The summed E-state index contributed by atoms with van der Waals surface area (Å²) in [6.07, 6.45) is 0. The summed E-state index contributed by atoms with van der Waals surface area (Å²) in [4.78, 5) is 6.38. The zero-order valence-electron chi connectivity index (χ0n) is 22.3. The number of hydrazine groups is 1. The Hall–Kier alpha value is -5.01. The lowest BCUT2D eigenvalue weighted by molar-refractivity contribution is -0.568. The summed E-state index contributed by atoms with van der Waals surface area (Å²) in [6.45, 7) is 0. The Morgan fingerprint density at radius 1 is 0.659 bits per heavy atom. The summed E-state index contributed by atoms with van der Waals surface area (Å²) in [5, 5.41) is 6.27. The Kier molecular flexibility index (Phi) is 5.09. The lowest BCUT2D eigenvalue weighted by Crippen LogP contribution is -2.63. The minimum atomic E-state index is -0.991. The largest absolute Gasteiger partial charge is 0.497 e. The summed E-state index contributed by atoms with van der Waals surface area (Å²) in [5.74, 6) is 0.782. The average molecular weight is 553 g/mol. The molecule has 198 valence electrons. The van der Waals surface area contributed by atoms with Crippen LogP contribution in [0.25, 0.3) is 11.1 Å². The van der Waals surface area contributed by atoms with E-state index in [1.807, 2.05) is 41.2 Å². The average Bonchev–Trinajstić information content (AvgIpc) is 3.50. The van der Waals surface area contributed by atoms with Crippen LogP contribution >= 0.6 is 12.2 Å². The standard InChI is InChI=1S/C34H26N5OS/c1-40-27-22-20-25(21-23-27)38-32(41)37(24-12-4-2-5-13-24)33-30-18-10-8-16-28(30)29-17-9-11-19-31(29)34(33,38)36-39(35-33)26-14-6-3-7-15-26/h2-23H,1H3,(H,35,36)/q+1/t33-,34+/m0/s1. The quantitative estimate of drug-likeness (QED) is 0.187. The minimum absolute atomic E-state index is 0.650. The molecular weight excluding hydrogens is 526 g/mol. The van der Waals surface area contributed by atoms with Gasteiger partial charge in [-0.3, -0.25) is 9.80 Å². The molecule has 0 radical (unpaired) electrons. The first kappa shape index (κ1) is 23.8. The van der Waals surface area contributed by atoms with Gasteiger partial charge in [0.05, 0.1) is 7.11 Å². The number of hydrogen-bond acceptors (Lipinski definition) is 4. The van der Waals surface area contributed by atoms with Crippen molar-refractivity contribution in [3.05, 3.63) is 145 Å². The molecule has 6 nitrogen and oxygen atoms in total. The van der Waals surface area contributed by atoms with Crippen LogP contribution < -0.4 is 20.0 Å². The van der Waals surface area contributed by atoms with E-state index in [-0.39, 0.29) is 0 Å². The molecule has 2 atom stereocenters. The number of azo groups is 1. The molecule has 1 N–H and O–H groups in total. The van der Waals surface area contributed by atoms with Crippen LogP contribution in [0, 0.1) is 0 Å². The third kappa shape index (κ3) is 3.04. The molecular formula is C34H26N5OS+. The van der Waals surface area contributed by atoms with E-state index in [0.29, 0.717) is 5.11 Å². The molecule has 0 spiro atoms. The Bertz CT molecular complexity index is 1840. The predicted octanol–water partition coefficient (Wildman–Crippen LogP) is 7.31. The van der Waals surface area contributed by atoms with E-state index in [9.17, 15) is 0 Å². The second-order valence-corrected chi connectivity index (χ2v) is 10.7. The van der Waals surface area contributed by atoms with Gasteiger partial charge in [0.2, 0.25) is 0 Å². The molecule has 3 aliphatic rings. The summed E-state index contributed by atoms with van der Waals surface area (Å²) in [7, 11) is 1.68. The van der Waals surface area contributed by atoms with Crippen molar-refractivity contribution in [2.45, 2.75) is 11.3 Å². The van der Waals surface area contributed by atoms with Crippen LogP contribution in [0.2, 0.25) is 0 Å². The first-order valence-corrected chi connectivity index (χ1v) is 14.0. The summed E-state index contributed by atoms with van der Waals surface area (Å²) < 4.78 is 5.51. The van der Waals surface area contributed by atoms with Crippen LogP contribution in [0.1, 0.15) is 11.1 Å². The normalized spacial score (nSPS) is 21.8. The van der Waals surface area contributed by atoms with Gasteiger partial charge in [0.1, 0.15) is 5.75 Å². The number of para-hydroxylation sites is 2. The van der Waals surface area contributed by atoms with Crippen LogP contribution in [0.5, 0.6) is 5.75 Å². The van der Waals surface area contributed by atoms with Crippen LogP contribution in [0.3, 0.4) is 0 Å². The summed E-state index contributed by atoms with van der Waals surface area (Å²) in [6, 6.07) is 45.8. The number of fused-ring (bicyclic) bond motifs is 3. The van der Waals surface area contributed by atoms with Gasteiger partial charge in [-0.2, -0.15) is 0 Å². The van der Waals surface area contributed by atoms with Crippen molar-refractivity contribution >= 4 is 34.4 Å². The van der Waals surface area contributed by atoms with E-state index in [2.05, 4.69) is 112 Å². The lowest BCUT2D eigenvalue weighted by Gasteiger charge is -2.44. The number of hydrogen-bond donors (Lipinski definition) is 1. The van der Waals surface area contributed by atoms with Gasteiger partial charge in [0.15, 0.2) is 5.11 Å². The molecule has 0 bridgehead atoms. The van der Waals surface area contributed by atoms with Crippen LogP contribution in [0.4, 0.5) is 17.1 Å². The maximum absolute atomic E-state index is 6.46. The highest BCUT2D eigenvalue weighted by molar-refractivity contribution is 7.80. The first-order valence-electron chi connectivity index (χ1n) is 13.6. The molecule has 2 aliphatic heterocycles. The van der Waals surface area contributed by atoms with Crippen molar-refractivity contribution in [3.63, 3.8) is 0 Å². The highest BCUT2D eigenvalue weighted by atomic mass is 32.1. The van der Waals surface area contributed by atoms with E-state index >= 15 is 0 Å². The van der Waals surface area contributed by atoms with E-state index in [1.54, 1.807) is 7.11 Å². The van der Waals surface area contributed by atoms with Crippen LogP contribution in [-0.2, 0) is 11.3 Å². The molecule has 41 heavy (non-hydrogen) atoms. The Balaban J connectivity index is 1.53. The van der Waals surface area contributed by atoms with Crippen molar-refractivity contribution in [1.29, 1.82) is 0 Å². The Labute approximate surface area is 243 Å². The maximum atomic E-state index is 6.46. The van der Waals surface area contributed by atoms with Crippen LogP contribution in [-0.4, -0.2) is 17.0 Å². The molecule has 1 aliphatic carbocycles. The number of nitrogens with zero attached hydrogens (tertiary/aromatic N) is 4. The monoisotopic (exact) mass is 552 g/mol. The van der Waals surface area contributed by atoms with Crippen molar-refractivity contribution in [2.75, 3.05) is 16.9 Å². The molecule has 0 unspecified atom stereocenters. The molecule has 2 heterocycles. The van der Waals surface area contributed by atoms with Gasteiger partial charge in [-0.1, -0.05) is 84.9 Å². The van der Waals surface area contributed by atoms with E-state index < -0.39 is 11.3 Å². The summed E-state index contributed by atoms with van der Waals surface area (Å²) >= 11 is 6.46. The molecule has 7 heteroatoms. The third-order valence-corrected chi connectivity index (χ3v) is 8.68. The van der Waals surface area contributed by atoms with Crippen LogP contribution in [0.15, 0.2) is 139 Å². The zero-order valence-corrected chi connectivity index (χ0v) is 23.1. The van der Waals surface area contributed by atoms with Gasteiger partial charge in [-0.25, -0.2) is 0 Å². The molecule has 5 aromatic rings. The maximum Gasteiger partial charge on any atom is 0.282 e. The van der Waals surface area contributed by atoms with Gasteiger partial charge in [0.25, 0.3) is 17.0 Å². The lowest BCUT2D eigenvalue weighted by atomic mass is 9.71. The fourth-order valence-electron chi connectivity index (χ4n) is 6.66. The smallest absolute Gasteiger partial charge is 0.282 e. The topological polar surface area (TPSA) is 43.1 Å². The number of benzene rings is 5.